The highest BCUT2D eigenvalue weighted by molar-refractivity contribution is 5.79. The molecule has 6 N–H and O–H groups in total. The molecule has 176 valence electrons. The number of carbonyl (C=O) groups excluding carboxylic acids is 1. The second-order valence-electron chi connectivity index (χ2n) is 7.43. The van der Waals surface area contributed by atoms with Gasteiger partial charge in [-0.05, 0) is 47.7 Å². The van der Waals surface area contributed by atoms with E-state index in [1.165, 1.54) is 0 Å². The van der Waals surface area contributed by atoms with Crippen LogP contribution in [0.5, 0.6) is 23.0 Å². The zero-order valence-corrected chi connectivity index (χ0v) is 19.7. The molecule has 2 rings (SSSR count). The highest BCUT2D eigenvalue weighted by Crippen LogP contribution is 2.38. The Bertz CT molecular complexity index is 887. The maximum Gasteiger partial charge on any atom is 0.234 e. The number of nitrogen functional groups attached to an aromatic ring is 1. The van der Waals surface area contributed by atoms with Crippen LogP contribution in [0, 0.1) is 5.92 Å². The van der Waals surface area contributed by atoms with Gasteiger partial charge in [-0.2, -0.15) is 0 Å². The van der Waals surface area contributed by atoms with Crippen molar-refractivity contribution >= 4 is 23.7 Å². The van der Waals surface area contributed by atoms with Crippen molar-refractivity contribution < 1.29 is 23.7 Å². The third-order valence-electron chi connectivity index (χ3n) is 4.50. The number of methoxy groups -OCH3 is 4. The van der Waals surface area contributed by atoms with Crippen LogP contribution in [0.2, 0.25) is 0 Å². The second-order valence-corrected chi connectivity index (χ2v) is 7.43. The summed E-state index contributed by atoms with van der Waals surface area (Å²) in [5.74, 6) is 2.48. The molecular weight excluding hydrogens is 410 g/mol. The molecule has 0 saturated heterocycles. The summed E-state index contributed by atoms with van der Waals surface area (Å²) in [6.45, 7) is 4.01. The first-order chi connectivity index (χ1) is 15.2. The van der Waals surface area contributed by atoms with Crippen molar-refractivity contribution in [3.8, 4) is 23.0 Å². The zero-order chi connectivity index (χ0) is 24.3. The Morgan fingerprint density at radius 3 is 1.78 bits per heavy atom. The van der Waals surface area contributed by atoms with Crippen molar-refractivity contribution in [3.63, 3.8) is 0 Å². The first-order valence-corrected chi connectivity index (χ1v) is 10.1. The van der Waals surface area contributed by atoms with Crippen LogP contribution in [0.3, 0.4) is 0 Å². The fourth-order valence-corrected chi connectivity index (χ4v) is 2.87. The fraction of sp³-hybridized carbons (Fsp3) is 0.375. The van der Waals surface area contributed by atoms with Crippen LogP contribution in [-0.2, 0) is 4.79 Å². The lowest BCUT2D eigenvalue weighted by Gasteiger charge is -2.12. The van der Waals surface area contributed by atoms with Crippen molar-refractivity contribution in [1.29, 1.82) is 0 Å². The average Bonchev–Trinajstić information content (AvgIpc) is 2.76. The van der Waals surface area contributed by atoms with Gasteiger partial charge in [0.2, 0.25) is 11.7 Å². The Kier molecular flexibility index (Phi) is 10.9. The number of anilines is 1. The Labute approximate surface area is 190 Å². The fourth-order valence-electron chi connectivity index (χ4n) is 2.87. The van der Waals surface area contributed by atoms with E-state index in [1.807, 2.05) is 56.3 Å². The molecule has 2 aromatic carbocycles. The molecule has 32 heavy (non-hydrogen) atoms. The van der Waals surface area contributed by atoms with Gasteiger partial charge in [0, 0.05) is 0 Å². The Morgan fingerprint density at radius 2 is 1.41 bits per heavy atom. The molecule has 0 heterocycles. The first-order valence-electron chi connectivity index (χ1n) is 10.1. The highest BCUT2D eigenvalue weighted by atomic mass is 16.5. The lowest BCUT2D eigenvalue weighted by Crippen LogP contribution is -2.37. The van der Waals surface area contributed by atoms with Gasteiger partial charge in [0.15, 0.2) is 11.5 Å². The van der Waals surface area contributed by atoms with E-state index >= 15 is 0 Å². The molecule has 0 aliphatic rings. The number of hydrogen-bond acceptors (Lipinski definition) is 7. The van der Waals surface area contributed by atoms with Crippen LogP contribution in [0.4, 0.5) is 5.69 Å². The average molecular weight is 446 g/mol. The Balaban J connectivity index is 0.000000482. The van der Waals surface area contributed by atoms with Crippen LogP contribution >= 0.6 is 0 Å². The number of benzene rings is 2. The molecule has 8 heteroatoms. The summed E-state index contributed by atoms with van der Waals surface area (Å²) in [6, 6.07) is 8.92. The lowest BCUT2D eigenvalue weighted by molar-refractivity contribution is -0.119. The van der Waals surface area contributed by atoms with E-state index in [-0.39, 0.29) is 0 Å². The molecular formula is C24H35N3O5. The monoisotopic (exact) mass is 445 g/mol. The molecule has 8 nitrogen and oxygen atoms in total. The van der Waals surface area contributed by atoms with Crippen molar-refractivity contribution in [2.24, 2.45) is 17.4 Å². The maximum absolute atomic E-state index is 10.3. The largest absolute Gasteiger partial charge is 0.495 e. The molecule has 0 spiro atoms. The van der Waals surface area contributed by atoms with Gasteiger partial charge in [0.1, 0.15) is 5.75 Å². The molecule has 0 bridgehead atoms. The van der Waals surface area contributed by atoms with Crippen LogP contribution in [0.1, 0.15) is 31.4 Å². The molecule has 0 fully saturated rings. The van der Waals surface area contributed by atoms with Crippen molar-refractivity contribution in [3.05, 3.63) is 41.5 Å². The summed E-state index contributed by atoms with van der Waals surface area (Å²) in [5.41, 5.74) is 18.7. The van der Waals surface area contributed by atoms with Gasteiger partial charge in [-0.3, -0.25) is 4.79 Å². The number of nitrogens with two attached hydrogens (primary N) is 3. The van der Waals surface area contributed by atoms with Crippen molar-refractivity contribution in [2.45, 2.75) is 26.3 Å². The van der Waals surface area contributed by atoms with Crippen LogP contribution in [0.15, 0.2) is 30.3 Å². The summed E-state index contributed by atoms with van der Waals surface area (Å²) < 4.78 is 21.2. The van der Waals surface area contributed by atoms with E-state index < -0.39 is 11.9 Å². The third-order valence-corrected chi connectivity index (χ3v) is 4.50. The van der Waals surface area contributed by atoms with E-state index in [2.05, 4.69) is 0 Å². The van der Waals surface area contributed by atoms with Gasteiger partial charge in [0.05, 0.1) is 40.2 Å². The summed E-state index contributed by atoms with van der Waals surface area (Å²) in [5, 5.41) is 0. The number of carbonyl (C=O) groups is 1. The quantitative estimate of drug-likeness (QED) is 0.398. The van der Waals surface area contributed by atoms with Crippen LogP contribution < -0.4 is 36.1 Å². The minimum atomic E-state index is -0.468. The second kappa shape index (κ2) is 13.1. The molecule has 2 aromatic rings. The standard InChI is InChI=1S/C18H21NO4.C6H14N2O/c1-20-15-8-7-12(9-14(15)19)5-6-13-10-16(21-2)18(23-4)17(11-13)22-3;1-4(2)3-5(7)6(8)9/h5-11H,19H2,1-4H3;4-5H,3,7H2,1-2H3,(H2,8,9)/b6-5-;/t;5-/m.0/s1. The maximum atomic E-state index is 10.3. The minimum Gasteiger partial charge on any atom is -0.495 e. The number of hydrogen-bond donors (Lipinski definition) is 3. The molecule has 0 saturated carbocycles. The molecule has 1 amide bonds. The molecule has 0 aromatic heterocycles. The minimum absolute atomic E-state index is 0.413. The summed E-state index contributed by atoms with van der Waals surface area (Å²) >= 11 is 0. The Hall–Kier alpha value is -3.39. The Morgan fingerprint density at radius 1 is 0.875 bits per heavy atom. The van der Waals surface area contributed by atoms with E-state index in [1.54, 1.807) is 28.4 Å². The summed E-state index contributed by atoms with van der Waals surface area (Å²) in [7, 11) is 6.36. The molecule has 0 aliphatic heterocycles. The smallest absolute Gasteiger partial charge is 0.234 e. The van der Waals surface area contributed by atoms with Gasteiger partial charge < -0.3 is 36.1 Å². The number of amides is 1. The predicted octanol–water partition coefficient (Wildman–Crippen LogP) is 3.32. The predicted molar refractivity (Wildman–Crippen MR) is 129 cm³/mol. The molecule has 0 radical (unpaired) electrons. The SMILES string of the molecule is CC(C)C[C@H](N)C(N)=O.COc1ccc(/C=C\c2cc(OC)c(OC)c(OC)c2)cc1N. The van der Waals surface area contributed by atoms with Gasteiger partial charge >= 0.3 is 0 Å². The van der Waals surface area contributed by atoms with Gasteiger partial charge in [0.25, 0.3) is 0 Å². The topological polar surface area (TPSA) is 132 Å². The number of ether oxygens (including phenoxy) is 4. The lowest BCUT2D eigenvalue weighted by atomic mass is 10.0. The van der Waals surface area contributed by atoms with Crippen LogP contribution in [0.25, 0.3) is 12.2 Å². The summed E-state index contributed by atoms with van der Waals surface area (Å²) in [6.07, 6.45) is 4.58. The van der Waals surface area contributed by atoms with Crippen molar-refractivity contribution in [2.75, 3.05) is 34.2 Å². The molecule has 0 unspecified atom stereocenters. The normalized spacial score (nSPS) is 11.5. The van der Waals surface area contributed by atoms with Crippen molar-refractivity contribution in [1.82, 2.24) is 0 Å². The van der Waals surface area contributed by atoms with Gasteiger partial charge in [-0.15, -0.1) is 0 Å². The molecule has 0 aliphatic carbocycles. The van der Waals surface area contributed by atoms with Gasteiger partial charge in [-0.25, -0.2) is 0 Å². The zero-order valence-electron chi connectivity index (χ0n) is 19.7. The van der Waals surface area contributed by atoms with E-state index in [4.69, 9.17) is 36.1 Å². The van der Waals surface area contributed by atoms with E-state index in [9.17, 15) is 4.79 Å². The number of rotatable bonds is 9. The summed E-state index contributed by atoms with van der Waals surface area (Å²) in [4.78, 5) is 10.3. The van der Waals surface area contributed by atoms with Crippen LogP contribution in [-0.4, -0.2) is 40.4 Å². The van der Waals surface area contributed by atoms with E-state index in [0.717, 1.165) is 11.1 Å². The highest BCUT2D eigenvalue weighted by Gasteiger charge is 2.12. The molecule has 1 atom stereocenters. The first kappa shape index (κ1) is 26.6. The number of primary amides is 1. The van der Waals surface area contributed by atoms with E-state index in [0.29, 0.717) is 41.0 Å². The third kappa shape index (κ3) is 8.03. The van der Waals surface area contributed by atoms with Gasteiger partial charge in [-0.1, -0.05) is 32.1 Å².